The van der Waals surface area contributed by atoms with Gasteiger partial charge < -0.3 is 20.4 Å². The lowest BCUT2D eigenvalue weighted by Gasteiger charge is -2.31. The van der Waals surface area contributed by atoms with Crippen LogP contribution in [0.4, 0.5) is 0 Å². The van der Waals surface area contributed by atoms with Crippen molar-refractivity contribution in [1.82, 2.24) is 20.4 Å². The van der Waals surface area contributed by atoms with Crippen molar-refractivity contribution >= 4 is 17.7 Å². The van der Waals surface area contributed by atoms with Gasteiger partial charge in [-0.05, 0) is 6.42 Å². The number of nitrogens with zero attached hydrogens (tertiary/aromatic N) is 2. The Morgan fingerprint density at radius 2 is 2.00 bits per heavy atom. The molecule has 0 aromatic carbocycles. The van der Waals surface area contributed by atoms with Crippen molar-refractivity contribution in [2.75, 3.05) is 39.8 Å². The van der Waals surface area contributed by atoms with E-state index in [1.807, 2.05) is 0 Å². The Balaban J connectivity index is 1.83. The number of hydrogen-bond acceptors (Lipinski definition) is 4. The van der Waals surface area contributed by atoms with Crippen LogP contribution in [0.5, 0.6) is 0 Å². The molecule has 0 bridgehead atoms. The van der Waals surface area contributed by atoms with Gasteiger partial charge in [-0.25, -0.2) is 0 Å². The van der Waals surface area contributed by atoms with Crippen molar-refractivity contribution in [3.05, 3.63) is 0 Å². The molecule has 2 aliphatic heterocycles. The predicted molar refractivity (Wildman–Crippen MR) is 68.3 cm³/mol. The summed E-state index contributed by atoms with van der Waals surface area (Å²) in [5.74, 6) is -0.949. The van der Waals surface area contributed by atoms with Crippen LogP contribution >= 0.6 is 0 Å². The number of carbonyl (C=O) groups is 3. The first-order valence-electron chi connectivity index (χ1n) is 6.62. The van der Waals surface area contributed by atoms with Crippen molar-refractivity contribution in [3.63, 3.8) is 0 Å². The zero-order valence-corrected chi connectivity index (χ0v) is 11.1. The topological polar surface area (TPSA) is 81.8 Å². The summed E-state index contributed by atoms with van der Waals surface area (Å²) in [5, 5.41) is 5.85. The summed E-state index contributed by atoms with van der Waals surface area (Å²) in [6.45, 7) is 3.05. The van der Waals surface area contributed by atoms with E-state index in [1.165, 1.54) is 0 Å². The van der Waals surface area contributed by atoms with E-state index >= 15 is 0 Å². The summed E-state index contributed by atoms with van der Waals surface area (Å²) in [6.07, 6.45) is 1.02. The summed E-state index contributed by atoms with van der Waals surface area (Å²) in [5.41, 5.74) is 0. The third-order valence-corrected chi connectivity index (χ3v) is 3.56. The van der Waals surface area contributed by atoms with Gasteiger partial charge in [0.1, 0.15) is 0 Å². The first-order valence-corrected chi connectivity index (χ1v) is 6.62. The summed E-state index contributed by atoms with van der Waals surface area (Å²) < 4.78 is 0. The Labute approximate surface area is 112 Å². The maximum absolute atomic E-state index is 11.9. The number of hydrogen-bond donors (Lipinski definition) is 2. The molecule has 7 heteroatoms. The molecule has 19 heavy (non-hydrogen) atoms. The molecule has 2 N–H and O–H groups in total. The van der Waals surface area contributed by atoms with E-state index in [0.29, 0.717) is 32.5 Å². The first-order chi connectivity index (χ1) is 9.08. The number of rotatable bonds is 1. The SMILES string of the molecule is CN1CC(NC(=O)C(=O)N2CCNCC2)CCC1=O. The molecule has 2 heterocycles. The lowest BCUT2D eigenvalue weighted by atomic mass is 10.1. The molecule has 2 fully saturated rings. The molecule has 1 unspecified atom stereocenters. The fourth-order valence-electron chi connectivity index (χ4n) is 2.39. The molecule has 3 amide bonds. The molecule has 0 spiro atoms. The second kappa shape index (κ2) is 6.01. The fourth-order valence-corrected chi connectivity index (χ4v) is 2.39. The quantitative estimate of drug-likeness (QED) is 0.547. The van der Waals surface area contributed by atoms with Crippen LogP contribution in [0, 0.1) is 0 Å². The second-order valence-corrected chi connectivity index (χ2v) is 5.03. The molecule has 1 atom stereocenters. The Morgan fingerprint density at radius 1 is 1.32 bits per heavy atom. The minimum atomic E-state index is -0.561. The highest BCUT2D eigenvalue weighted by Crippen LogP contribution is 2.09. The van der Waals surface area contributed by atoms with Gasteiger partial charge in [-0.2, -0.15) is 0 Å². The van der Waals surface area contributed by atoms with E-state index in [4.69, 9.17) is 0 Å². The highest BCUT2D eigenvalue weighted by Gasteiger charge is 2.28. The van der Waals surface area contributed by atoms with E-state index in [9.17, 15) is 14.4 Å². The number of amides is 3. The van der Waals surface area contributed by atoms with Gasteiger partial charge in [0.15, 0.2) is 0 Å². The number of piperazine rings is 1. The summed E-state index contributed by atoms with van der Waals surface area (Å²) in [4.78, 5) is 38.3. The number of likely N-dealkylation sites (tertiary alicyclic amines) is 1. The molecular weight excluding hydrogens is 248 g/mol. The van der Waals surface area contributed by atoms with Gasteiger partial charge in [0.2, 0.25) is 5.91 Å². The smallest absolute Gasteiger partial charge is 0.311 e. The Morgan fingerprint density at radius 3 is 2.63 bits per heavy atom. The second-order valence-electron chi connectivity index (χ2n) is 5.03. The number of nitrogens with one attached hydrogen (secondary N) is 2. The van der Waals surface area contributed by atoms with Gasteiger partial charge in [-0.3, -0.25) is 14.4 Å². The number of carbonyl (C=O) groups excluding carboxylic acids is 3. The molecule has 7 nitrogen and oxygen atoms in total. The lowest BCUT2D eigenvalue weighted by Crippen LogP contribution is -2.55. The van der Waals surface area contributed by atoms with Crippen LogP contribution in [0.2, 0.25) is 0 Å². The molecular formula is C12H20N4O3. The summed E-state index contributed by atoms with van der Waals surface area (Å²) >= 11 is 0. The molecule has 2 saturated heterocycles. The zero-order valence-electron chi connectivity index (χ0n) is 11.1. The molecule has 0 radical (unpaired) electrons. The highest BCUT2D eigenvalue weighted by molar-refractivity contribution is 6.35. The summed E-state index contributed by atoms with van der Waals surface area (Å²) in [7, 11) is 1.71. The standard InChI is InChI=1S/C12H20N4O3/c1-15-8-9(2-3-10(15)17)14-11(18)12(19)16-6-4-13-5-7-16/h9,13H,2-8H2,1H3,(H,14,18). The number of likely N-dealkylation sites (N-methyl/N-ethyl adjacent to an activating group) is 1. The van der Waals surface area contributed by atoms with Crippen LogP contribution in [-0.2, 0) is 14.4 Å². The van der Waals surface area contributed by atoms with Crippen molar-refractivity contribution in [1.29, 1.82) is 0 Å². The molecule has 0 aliphatic carbocycles. The van der Waals surface area contributed by atoms with Crippen LogP contribution < -0.4 is 10.6 Å². The van der Waals surface area contributed by atoms with Crippen molar-refractivity contribution in [2.45, 2.75) is 18.9 Å². The minimum Gasteiger partial charge on any atom is -0.344 e. The monoisotopic (exact) mass is 268 g/mol. The average molecular weight is 268 g/mol. The van der Waals surface area contributed by atoms with Crippen LogP contribution in [0.15, 0.2) is 0 Å². The Hall–Kier alpha value is -1.63. The van der Waals surface area contributed by atoms with Crippen LogP contribution in [-0.4, -0.2) is 73.3 Å². The molecule has 0 aromatic heterocycles. The average Bonchev–Trinajstić information content (AvgIpc) is 2.43. The Kier molecular flexibility index (Phi) is 4.36. The van der Waals surface area contributed by atoms with E-state index in [-0.39, 0.29) is 11.9 Å². The van der Waals surface area contributed by atoms with E-state index < -0.39 is 11.8 Å². The van der Waals surface area contributed by atoms with Crippen LogP contribution in [0.1, 0.15) is 12.8 Å². The van der Waals surface area contributed by atoms with Gasteiger partial charge in [-0.1, -0.05) is 0 Å². The predicted octanol–water partition coefficient (Wildman–Crippen LogP) is -1.84. The first kappa shape index (κ1) is 13.8. The van der Waals surface area contributed by atoms with Gasteiger partial charge in [-0.15, -0.1) is 0 Å². The van der Waals surface area contributed by atoms with Gasteiger partial charge in [0, 0.05) is 52.2 Å². The van der Waals surface area contributed by atoms with E-state index in [1.54, 1.807) is 16.8 Å². The van der Waals surface area contributed by atoms with Crippen LogP contribution in [0.3, 0.4) is 0 Å². The van der Waals surface area contributed by atoms with Crippen LogP contribution in [0.25, 0.3) is 0 Å². The molecule has 106 valence electrons. The van der Waals surface area contributed by atoms with Gasteiger partial charge >= 0.3 is 11.8 Å². The van der Waals surface area contributed by atoms with E-state index in [0.717, 1.165) is 13.1 Å². The zero-order chi connectivity index (χ0) is 13.8. The third-order valence-electron chi connectivity index (χ3n) is 3.56. The van der Waals surface area contributed by atoms with E-state index in [2.05, 4.69) is 10.6 Å². The largest absolute Gasteiger partial charge is 0.344 e. The van der Waals surface area contributed by atoms with Crippen molar-refractivity contribution in [2.24, 2.45) is 0 Å². The number of piperidine rings is 1. The lowest BCUT2D eigenvalue weighted by molar-refractivity contribution is -0.147. The third kappa shape index (κ3) is 3.44. The van der Waals surface area contributed by atoms with Crippen molar-refractivity contribution < 1.29 is 14.4 Å². The maximum Gasteiger partial charge on any atom is 0.311 e. The molecule has 2 rings (SSSR count). The van der Waals surface area contributed by atoms with Gasteiger partial charge in [0.05, 0.1) is 0 Å². The molecule has 2 aliphatic rings. The maximum atomic E-state index is 11.9. The molecule has 0 aromatic rings. The van der Waals surface area contributed by atoms with Crippen molar-refractivity contribution in [3.8, 4) is 0 Å². The molecule has 0 saturated carbocycles. The minimum absolute atomic E-state index is 0.0823. The van der Waals surface area contributed by atoms with Gasteiger partial charge in [0.25, 0.3) is 0 Å². The normalized spacial score (nSPS) is 24.3. The fraction of sp³-hybridized carbons (Fsp3) is 0.750. The summed E-state index contributed by atoms with van der Waals surface area (Å²) in [6, 6.07) is -0.123. The Bertz CT molecular complexity index is 379. The highest BCUT2D eigenvalue weighted by atomic mass is 16.2.